The number of rotatable bonds is 9. The lowest BCUT2D eigenvalue weighted by atomic mass is 9.90. The highest BCUT2D eigenvalue weighted by molar-refractivity contribution is 7.15. The molecule has 1 aromatic heterocycles. The second kappa shape index (κ2) is 12.8. The van der Waals surface area contributed by atoms with E-state index in [4.69, 9.17) is 0 Å². The molecule has 0 bridgehead atoms. The highest BCUT2D eigenvalue weighted by Crippen LogP contribution is 2.35. The average Bonchev–Trinajstić information content (AvgIpc) is 3.35. The van der Waals surface area contributed by atoms with Crippen molar-refractivity contribution in [2.45, 2.75) is 82.2 Å². The summed E-state index contributed by atoms with van der Waals surface area (Å²) in [7, 11) is 0. The van der Waals surface area contributed by atoms with Crippen LogP contribution in [0, 0.1) is 0 Å². The van der Waals surface area contributed by atoms with E-state index >= 15 is 0 Å². The van der Waals surface area contributed by atoms with E-state index in [1.165, 1.54) is 42.2 Å². The molecule has 0 radical (unpaired) electrons. The quantitative estimate of drug-likeness (QED) is 0.463. The molecule has 4 rings (SSSR count). The largest absolute Gasteiger partial charge is 0.349 e. The minimum absolute atomic E-state index is 0.00377. The molecular formula is C26H35N5O2S. The van der Waals surface area contributed by atoms with Crippen molar-refractivity contribution in [2.75, 3.05) is 11.9 Å². The molecule has 1 unspecified atom stereocenters. The van der Waals surface area contributed by atoms with Gasteiger partial charge in [0.15, 0.2) is 0 Å². The molecule has 3 N–H and O–H groups in total. The molecule has 1 aliphatic carbocycles. The van der Waals surface area contributed by atoms with Gasteiger partial charge in [-0.15, -0.1) is 10.2 Å². The van der Waals surface area contributed by atoms with Gasteiger partial charge in [-0.1, -0.05) is 73.4 Å². The van der Waals surface area contributed by atoms with Crippen LogP contribution in [0.2, 0.25) is 0 Å². The molecule has 34 heavy (non-hydrogen) atoms. The van der Waals surface area contributed by atoms with E-state index in [1.807, 2.05) is 18.2 Å². The van der Waals surface area contributed by atoms with E-state index in [0.717, 1.165) is 56.5 Å². The summed E-state index contributed by atoms with van der Waals surface area (Å²) in [6.45, 7) is 0.871. The number of aromatic nitrogens is 2. The van der Waals surface area contributed by atoms with Gasteiger partial charge in [0, 0.05) is 18.0 Å². The van der Waals surface area contributed by atoms with Crippen LogP contribution in [-0.4, -0.2) is 40.6 Å². The molecule has 1 saturated carbocycles. The van der Waals surface area contributed by atoms with E-state index in [-0.39, 0.29) is 23.9 Å². The van der Waals surface area contributed by atoms with Gasteiger partial charge in [0.2, 0.25) is 16.9 Å². The number of carbonyl (C=O) groups is 2. The molecule has 2 amide bonds. The number of nitrogens with zero attached hydrogens (tertiary/aromatic N) is 2. The van der Waals surface area contributed by atoms with Crippen molar-refractivity contribution >= 4 is 28.3 Å². The monoisotopic (exact) mass is 481 g/mol. The first-order valence-corrected chi connectivity index (χ1v) is 13.4. The van der Waals surface area contributed by atoms with Crippen LogP contribution in [0.15, 0.2) is 42.5 Å². The van der Waals surface area contributed by atoms with Crippen molar-refractivity contribution in [2.24, 2.45) is 0 Å². The molecule has 2 aromatic rings. The fourth-order valence-electron chi connectivity index (χ4n) is 4.69. The third-order valence-corrected chi connectivity index (χ3v) is 7.65. The van der Waals surface area contributed by atoms with Gasteiger partial charge in [-0.3, -0.25) is 14.9 Å². The van der Waals surface area contributed by atoms with E-state index < -0.39 is 0 Å². The molecule has 0 spiro atoms. The average molecular weight is 482 g/mol. The van der Waals surface area contributed by atoms with Gasteiger partial charge in [0.05, 0.1) is 6.04 Å². The summed E-state index contributed by atoms with van der Waals surface area (Å²) >= 11 is 1.47. The first kappa shape index (κ1) is 24.5. The molecule has 2 heterocycles. The van der Waals surface area contributed by atoms with Crippen molar-refractivity contribution in [1.29, 1.82) is 0 Å². The topological polar surface area (TPSA) is 96.0 Å². The Hall–Kier alpha value is -2.58. The van der Waals surface area contributed by atoms with Crippen LogP contribution in [0.5, 0.6) is 0 Å². The zero-order valence-corrected chi connectivity index (χ0v) is 20.5. The van der Waals surface area contributed by atoms with Crippen molar-refractivity contribution in [3.05, 3.63) is 53.1 Å². The van der Waals surface area contributed by atoms with Gasteiger partial charge >= 0.3 is 0 Å². The molecule has 8 heteroatoms. The third kappa shape index (κ3) is 7.46. The Morgan fingerprint density at radius 3 is 2.62 bits per heavy atom. The predicted molar refractivity (Wildman–Crippen MR) is 136 cm³/mol. The van der Waals surface area contributed by atoms with Crippen LogP contribution < -0.4 is 16.0 Å². The maximum absolute atomic E-state index is 12.8. The number of benzene rings is 1. The zero-order chi connectivity index (χ0) is 23.6. The molecule has 2 atom stereocenters. The van der Waals surface area contributed by atoms with Crippen molar-refractivity contribution < 1.29 is 9.59 Å². The van der Waals surface area contributed by atoms with Gasteiger partial charge in [-0.2, -0.15) is 0 Å². The number of anilines is 1. The standard InChI is InChI=1S/C26H35N5O2S/c32-23(29-26-31-30-25(34-26)20-11-5-2-6-12-20)17-16-21(15-14-19-9-3-1-4-10-19)28-24(33)22-13-7-8-18-27-22/h1,3-4,9-10,16-17,20-22,27H,2,5-8,11-15,18H2,(H,28,33)(H,29,31,32)/b17-16+/t21-,22?/m0/s1. The maximum atomic E-state index is 12.8. The number of nitrogens with one attached hydrogen (secondary N) is 3. The second-order valence-corrected chi connectivity index (χ2v) is 10.3. The van der Waals surface area contributed by atoms with Gasteiger partial charge in [0.25, 0.3) is 0 Å². The minimum atomic E-state index is -0.249. The highest BCUT2D eigenvalue weighted by atomic mass is 32.1. The Bertz CT molecular complexity index is 949. The van der Waals surface area contributed by atoms with E-state index in [9.17, 15) is 9.59 Å². The minimum Gasteiger partial charge on any atom is -0.349 e. The van der Waals surface area contributed by atoms with Gasteiger partial charge < -0.3 is 10.6 Å². The molecule has 1 saturated heterocycles. The summed E-state index contributed by atoms with van der Waals surface area (Å²) in [5.41, 5.74) is 1.21. The number of hydrogen-bond acceptors (Lipinski definition) is 6. The highest BCUT2D eigenvalue weighted by Gasteiger charge is 2.23. The summed E-state index contributed by atoms with van der Waals surface area (Å²) in [4.78, 5) is 25.4. The Labute approximate surface area is 205 Å². The maximum Gasteiger partial charge on any atom is 0.249 e. The number of amides is 2. The van der Waals surface area contributed by atoms with Gasteiger partial charge in [-0.05, 0) is 50.6 Å². The van der Waals surface area contributed by atoms with E-state index in [0.29, 0.717) is 11.0 Å². The molecule has 2 aliphatic rings. The van der Waals surface area contributed by atoms with Crippen molar-refractivity contribution in [1.82, 2.24) is 20.8 Å². The predicted octanol–water partition coefficient (Wildman–Crippen LogP) is 4.34. The fourth-order valence-corrected chi connectivity index (χ4v) is 5.61. The summed E-state index contributed by atoms with van der Waals surface area (Å²) in [5.74, 6) is 0.226. The fraction of sp³-hybridized carbons (Fsp3) is 0.538. The summed E-state index contributed by atoms with van der Waals surface area (Å²) in [5, 5.41) is 19.3. The van der Waals surface area contributed by atoms with Crippen LogP contribution in [-0.2, 0) is 16.0 Å². The molecule has 1 aromatic carbocycles. The molecule has 2 fully saturated rings. The summed E-state index contributed by atoms with van der Waals surface area (Å²) in [6.07, 6.45) is 13.9. The van der Waals surface area contributed by atoms with Crippen LogP contribution in [0.25, 0.3) is 0 Å². The first-order chi connectivity index (χ1) is 16.7. The first-order valence-electron chi connectivity index (χ1n) is 12.6. The zero-order valence-electron chi connectivity index (χ0n) is 19.7. The van der Waals surface area contributed by atoms with Crippen LogP contribution >= 0.6 is 11.3 Å². The molecular weight excluding hydrogens is 446 g/mol. The summed E-state index contributed by atoms with van der Waals surface area (Å²) < 4.78 is 0. The molecule has 1 aliphatic heterocycles. The van der Waals surface area contributed by atoms with E-state index in [1.54, 1.807) is 6.08 Å². The lowest BCUT2D eigenvalue weighted by molar-refractivity contribution is -0.124. The number of hydrogen-bond donors (Lipinski definition) is 3. The Balaban J connectivity index is 1.34. The van der Waals surface area contributed by atoms with Crippen molar-refractivity contribution in [3.63, 3.8) is 0 Å². The Kier molecular flexibility index (Phi) is 9.21. The smallest absolute Gasteiger partial charge is 0.249 e. The lowest BCUT2D eigenvalue weighted by Crippen LogP contribution is -2.49. The Morgan fingerprint density at radius 2 is 1.85 bits per heavy atom. The third-order valence-electron chi connectivity index (χ3n) is 6.65. The Morgan fingerprint density at radius 1 is 1.06 bits per heavy atom. The number of piperidine rings is 1. The van der Waals surface area contributed by atoms with Crippen LogP contribution in [0.1, 0.15) is 74.3 Å². The summed E-state index contributed by atoms with van der Waals surface area (Å²) in [6, 6.07) is 9.80. The second-order valence-electron chi connectivity index (χ2n) is 9.27. The molecule has 182 valence electrons. The molecule has 7 nitrogen and oxygen atoms in total. The van der Waals surface area contributed by atoms with E-state index in [2.05, 4.69) is 38.3 Å². The van der Waals surface area contributed by atoms with Gasteiger partial charge in [0.1, 0.15) is 5.01 Å². The van der Waals surface area contributed by atoms with Gasteiger partial charge in [-0.25, -0.2) is 0 Å². The number of aryl methyl sites for hydroxylation is 1. The normalized spacial score (nSPS) is 20.2. The van der Waals surface area contributed by atoms with Crippen LogP contribution in [0.3, 0.4) is 0 Å². The number of carbonyl (C=O) groups excluding carboxylic acids is 2. The van der Waals surface area contributed by atoms with Crippen molar-refractivity contribution in [3.8, 4) is 0 Å². The SMILES string of the molecule is O=C(/C=C/[C@H](CCc1ccccc1)NC(=O)C1CCCCN1)Nc1nnc(C2CCCCC2)s1. The van der Waals surface area contributed by atoms with Crippen LogP contribution in [0.4, 0.5) is 5.13 Å². The lowest BCUT2D eigenvalue weighted by Gasteiger charge is -2.25.